The van der Waals surface area contributed by atoms with Crippen LogP contribution in [0.2, 0.25) is 0 Å². The van der Waals surface area contributed by atoms with Crippen molar-refractivity contribution in [2.45, 2.75) is 0 Å². The zero-order valence-electron chi connectivity index (χ0n) is 12.7. The van der Waals surface area contributed by atoms with Gasteiger partial charge in [0.1, 0.15) is 11.5 Å². The zero-order valence-corrected chi connectivity index (χ0v) is 12.7. The number of aromatic nitrogens is 1. The van der Waals surface area contributed by atoms with Gasteiger partial charge in [-0.1, -0.05) is 30.3 Å². The molecule has 0 aliphatic rings. The molecule has 0 unspecified atom stereocenters. The monoisotopic (exact) mass is 317 g/mol. The molecule has 0 radical (unpaired) electrons. The van der Waals surface area contributed by atoms with Gasteiger partial charge in [0.15, 0.2) is 11.6 Å². The standard InChI is InChI=1S/C19H15N3O2/c23-16-8-3-1-6-14(16)12-20-18-10-5-11-19(22-18)21-13-15-7-2-4-9-17(15)24/h1-13,23-24H. The highest BCUT2D eigenvalue weighted by Crippen LogP contribution is 2.18. The molecule has 0 amide bonds. The van der Waals surface area contributed by atoms with Crippen LogP contribution in [0, 0.1) is 0 Å². The van der Waals surface area contributed by atoms with Crippen molar-refractivity contribution >= 4 is 24.1 Å². The lowest BCUT2D eigenvalue weighted by atomic mass is 10.2. The molecule has 0 saturated heterocycles. The van der Waals surface area contributed by atoms with E-state index >= 15 is 0 Å². The third-order valence-electron chi connectivity index (χ3n) is 3.27. The third kappa shape index (κ3) is 3.84. The minimum absolute atomic E-state index is 0.162. The first-order valence-corrected chi connectivity index (χ1v) is 7.33. The van der Waals surface area contributed by atoms with Gasteiger partial charge in [0.2, 0.25) is 0 Å². The average Bonchev–Trinajstić information content (AvgIpc) is 2.61. The number of rotatable bonds is 4. The summed E-state index contributed by atoms with van der Waals surface area (Å²) in [5, 5.41) is 19.4. The van der Waals surface area contributed by atoms with E-state index in [1.165, 1.54) is 0 Å². The second-order valence-electron chi connectivity index (χ2n) is 4.99. The lowest BCUT2D eigenvalue weighted by Crippen LogP contribution is -1.83. The van der Waals surface area contributed by atoms with E-state index in [-0.39, 0.29) is 11.5 Å². The average molecular weight is 317 g/mol. The number of phenolic OH excluding ortho intramolecular Hbond substituents is 2. The van der Waals surface area contributed by atoms with Crippen LogP contribution in [0.4, 0.5) is 11.6 Å². The number of nitrogens with zero attached hydrogens (tertiary/aromatic N) is 3. The molecule has 0 bridgehead atoms. The number of benzene rings is 2. The molecule has 24 heavy (non-hydrogen) atoms. The zero-order chi connectivity index (χ0) is 16.8. The Morgan fingerprint density at radius 1 is 0.625 bits per heavy atom. The molecule has 0 spiro atoms. The van der Waals surface area contributed by atoms with Crippen molar-refractivity contribution < 1.29 is 10.2 Å². The second-order valence-corrected chi connectivity index (χ2v) is 4.99. The fraction of sp³-hybridized carbons (Fsp3) is 0. The lowest BCUT2D eigenvalue weighted by molar-refractivity contribution is 0.474. The van der Waals surface area contributed by atoms with Crippen LogP contribution in [-0.4, -0.2) is 27.6 Å². The van der Waals surface area contributed by atoms with Gasteiger partial charge in [0, 0.05) is 23.6 Å². The Morgan fingerprint density at radius 2 is 1.08 bits per heavy atom. The Morgan fingerprint density at radius 3 is 1.54 bits per heavy atom. The van der Waals surface area contributed by atoms with E-state index < -0.39 is 0 Å². The number of hydrogen-bond acceptors (Lipinski definition) is 5. The van der Waals surface area contributed by atoms with Crippen LogP contribution in [0.25, 0.3) is 0 Å². The largest absolute Gasteiger partial charge is 0.507 e. The van der Waals surface area contributed by atoms with Crippen molar-refractivity contribution in [2.75, 3.05) is 0 Å². The van der Waals surface area contributed by atoms with Crippen molar-refractivity contribution in [3.8, 4) is 11.5 Å². The lowest BCUT2D eigenvalue weighted by Gasteiger charge is -1.99. The maximum atomic E-state index is 9.72. The number of aliphatic imine (C=N–C) groups is 2. The molecule has 0 aliphatic carbocycles. The van der Waals surface area contributed by atoms with E-state index in [1.807, 2.05) is 12.1 Å². The Kier molecular flexibility index (Phi) is 4.62. The first kappa shape index (κ1) is 15.4. The van der Waals surface area contributed by atoms with E-state index in [4.69, 9.17) is 0 Å². The number of para-hydroxylation sites is 2. The Labute approximate surface area is 139 Å². The predicted molar refractivity (Wildman–Crippen MR) is 95.0 cm³/mol. The summed E-state index contributed by atoms with van der Waals surface area (Å²) in [6.07, 6.45) is 3.10. The van der Waals surface area contributed by atoms with Crippen LogP contribution in [0.5, 0.6) is 11.5 Å². The Hall–Kier alpha value is -3.47. The normalized spacial score (nSPS) is 11.3. The summed E-state index contributed by atoms with van der Waals surface area (Å²) < 4.78 is 0. The SMILES string of the molecule is Oc1ccccc1C=Nc1cccc(N=Cc2ccccc2O)n1. The van der Waals surface area contributed by atoms with Crippen LogP contribution < -0.4 is 0 Å². The Balaban J connectivity index is 1.80. The van der Waals surface area contributed by atoms with Crippen molar-refractivity contribution in [1.29, 1.82) is 0 Å². The molecule has 1 aromatic heterocycles. The van der Waals surface area contributed by atoms with Gasteiger partial charge in [-0.3, -0.25) is 0 Å². The number of aromatic hydroxyl groups is 2. The highest BCUT2D eigenvalue weighted by atomic mass is 16.3. The van der Waals surface area contributed by atoms with E-state index in [0.717, 1.165) is 0 Å². The van der Waals surface area contributed by atoms with Gasteiger partial charge in [-0.05, 0) is 36.4 Å². The van der Waals surface area contributed by atoms with Crippen LogP contribution >= 0.6 is 0 Å². The molecule has 118 valence electrons. The van der Waals surface area contributed by atoms with Crippen LogP contribution in [-0.2, 0) is 0 Å². The summed E-state index contributed by atoms with van der Waals surface area (Å²) in [7, 11) is 0. The molecule has 2 aromatic carbocycles. The molecule has 0 saturated carbocycles. The topological polar surface area (TPSA) is 78.1 Å². The fourth-order valence-corrected chi connectivity index (χ4v) is 2.02. The molecule has 1 heterocycles. The van der Waals surface area contributed by atoms with E-state index in [1.54, 1.807) is 67.0 Å². The van der Waals surface area contributed by atoms with Crippen molar-refractivity contribution in [3.05, 3.63) is 77.9 Å². The van der Waals surface area contributed by atoms with Gasteiger partial charge in [-0.15, -0.1) is 0 Å². The third-order valence-corrected chi connectivity index (χ3v) is 3.27. The molecule has 3 rings (SSSR count). The van der Waals surface area contributed by atoms with Crippen molar-refractivity contribution in [3.63, 3.8) is 0 Å². The Bertz CT molecular complexity index is 834. The molecular formula is C19H15N3O2. The van der Waals surface area contributed by atoms with Gasteiger partial charge in [0.05, 0.1) is 0 Å². The van der Waals surface area contributed by atoms with Gasteiger partial charge in [-0.2, -0.15) is 0 Å². The molecule has 5 nitrogen and oxygen atoms in total. The van der Waals surface area contributed by atoms with Crippen LogP contribution in [0.1, 0.15) is 11.1 Å². The number of hydrogen-bond donors (Lipinski definition) is 2. The summed E-state index contributed by atoms with van der Waals surface area (Å²) in [6, 6.07) is 19.1. The minimum atomic E-state index is 0.162. The minimum Gasteiger partial charge on any atom is -0.507 e. The summed E-state index contributed by atoms with van der Waals surface area (Å²) in [5.41, 5.74) is 1.23. The molecule has 5 heteroatoms. The van der Waals surface area contributed by atoms with E-state index in [2.05, 4.69) is 15.0 Å². The summed E-state index contributed by atoms with van der Waals surface area (Å²) in [6.45, 7) is 0. The van der Waals surface area contributed by atoms with Gasteiger partial charge >= 0.3 is 0 Å². The first-order chi connectivity index (χ1) is 11.7. The maximum Gasteiger partial charge on any atom is 0.154 e. The number of phenols is 2. The van der Waals surface area contributed by atoms with E-state index in [0.29, 0.717) is 22.8 Å². The highest BCUT2D eigenvalue weighted by Gasteiger charge is 1.98. The second kappa shape index (κ2) is 7.19. The fourth-order valence-electron chi connectivity index (χ4n) is 2.02. The van der Waals surface area contributed by atoms with Gasteiger partial charge in [-0.25, -0.2) is 15.0 Å². The van der Waals surface area contributed by atoms with Gasteiger partial charge < -0.3 is 10.2 Å². The summed E-state index contributed by atoms with van der Waals surface area (Å²) >= 11 is 0. The van der Waals surface area contributed by atoms with Crippen LogP contribution in [0.15, 0.2) is 76.7 Å². The molecule has 0 aliphatic heterocycles. The molecule has 0 atom stereocenters. The maximum absolute atomic E-state index is 9.72. The molecule has 3 aromatic rings. The number of pyridine rings is 1. The van der Waals surface area contributed by atoms with Crippen molar-refractivity contribution in [1.82, 2.24) is 4.98 Å². The van der Waals surface area contributed by atoms with E-state index in [9.17, 15) is 10.2 Å². The van der Waals surface area contributed by atoms with Gasteiger partial charge in [0.25, 0.3) is 0 Å². The summed E-state index contributed by atoms with van der Waals surface area (Å²) in [4.78, 5) is 12.8. The molecular weight excluding hydrogens is 302 g/mol. The van der Waals surface area contributed by atoms with Crippen molar-refractivity contribution in [2.24, 2.45) is 9.98 Å². The molecule has 2 N–H and O–H groups in total. The van der Waals surface area contributed by atoms with Crippen LogP contribution in [0.3, 0.4) is 0 Å². The molecule has 0 fully saturated rings. The first-order valence-electron chi connectivity index (χ1n) is 7.33. The summed E-state index contributed by atoms with van der Waals surface area (Å²) in [5.74, 6) is 1.28. The predicted octanol–water partition coefficient (Wildman–Crippen LogP) is 3.99. The quantitative estimate of drug-likeness (QED) is 0.714. The highest BCUT2D eigenvalue weighted by molar-refractivity contribution is 5.86. The smallest absolute Gasteiger partial charge is 0.154 e.